The molecule has 1 heterocycles. The molecule has 2 rings (SSSR count). The van der Waals surface area contributed by atoms with Gasteiger partial charge in [0, 0.05) is 19.3 Å². The molecule has 0 bridgehead atoms. The number of nitrogens with one attached hydrogen (secondary N) is 1. The molecule has 1 N–H and O–H groups in total. The standard InChI is InChI=1S/C16H22N4/c1-4-13-6-9-15(10-7-13)20(3)16-11-8-14(18-19-16)12-17-5-2/h6-11,17H,4-5,12H2,1-3H3. The highest BCUT2D eigenvalue weighted by Crippen LogP contribution is 2.21. The third-order valence-electron chi connectivity index (χ3n) is 3.34. The van der Waals surface area contributed by atoms with Crippen molar-refractivity contribution in [3.05, 3.63) is 47.7 Å². The van der Waals surface area contributed by atoms with Crippen LogP contribution < -0.4 is 10.2 Å². The average Bonchev–Trinajstić information content (AvgIpc) is 2.53. The van der Waals surface area contributed by atoms with Crippen molar-refractivity contribution >= 4 is 11.5 Å². The zero-order valence-corrected chi connectivity index (χ0v) is 12.4. The lowest BCUT2D eigenvalue weighted by Crippen LogP contribution is -2.15. The lowest BCUT2D eigenvalue weighted by Gasteiger charge is -2.18. The first-order chi connectivity index (χ1) is 9.74. The molecule has 0 radical (unpaired) electrons. The first kappa shape index (κ1) is 14.5. The molecule has 0 spiro atoms. The van der Waals surface area contributed by atoms with Gasteiger partial charge >= 0.3 is 0 Å². The summed E-state index contributed by atoms with van der Waals surface area (Å²) >= 11 is 0. The molecule has 1 aromatic carbocycles. The van der Waals surface area contributed by atoms with Crippen molar-refractivity contribution < 1.29 is 0 Å². The van der Waals surface area contributed by atoms with E-state index < -0.39 is 0 Å². The second-order valence-corrected chi connectivity index (χ2v) is 4.74. The number of hydrogen-bond acceptors (Lipinski definition) is 4. The van der Waals surface area contributed by atoms with Gasteiger partial charge in [-0.1, -0.05) is 26.0 Å². The molecule has 0 aliphatic heterocycles. The average molecular weight is 270 g/mol. The van der Waals surface area contributed by atoms with Gasteiger partial charge in [0.15, 0.2) is 5.82 Å². The largest absolute Gasteiger partial charge is 0.328 e. The molecule has 4 nitrogen and oxygen atoms in total. The lowest BCUT2D eigenvalue weighted by molar-refractivity contribution is 0.698. The molecular weight excluding hydrogens is 248 g/mol. The van der Waals surface area contributed by atoms with E-state index in [-0.39, 0.29) is 0 Å². The van der Waals surface area contributed by atoms with Crippen molar-refractivity contribution in [1.82, 2.24) is 15.5 Å². The first-order valence-corrected chi connectivity index (χ1v) is 7.10. The van der Waals surface area contributed by atoms with E-state index in [0.29, 0.717) is 0 Å². The predicted octanol–water partition coefficient (Wildman–Crippen LogP) is 2.92. The first-order valence-electron chi connectivity index (χ1n) is 7.10. The third-order valence-corrected chi connectivity index (χ3v) is 3.34. The summed E-state index contributed by atoms with van der Waals surface area (Å²) in [6, 6.07) is 12.6. The molecular formula is C16H22N4. The normalized spacial score (nSPS) is 10.6. The fourth-order valence-corrected chi connectivity index (χ4v) is 1.97. The zero-order chi connectivity index (χ0) is 14.4. The van der Waals surface area contributed by atoms with Gasteiger partial charge in [0.05, 0.1) is 5.69 Å². The second-order valence-electron chi connectivity index (χ2n) is 4.74. The number of hydrogen-bond donors (Lipinski definition) is 1. The van der Waals surface area contributed by atoms with Crippen LogP contribution in [0.2, 0.25) is 0 Å². The van der Waals surface area contributed by atoms with Gasteiger partial charge in [0.2, 0.25) is 0 Å². The number of rotatable bonds is 6. The summed E-state index contributed by atoms with van der Waals surface area (Å²) in [7, 11) is 2.01. The Morgan fingerprint density at radius 2 is 1.75 bits per heavy atom. The Labute approximate surface area is 120 Å². The van der Waals surface area contributed by atoms with Crippen molar-refractivity contribution in [1.29, 1.82) is 0 Å². The van der Waals surface area contributed by atoms with Crippen molar-refractivity contribution in [3.63, 3.8) is 0 Å². The quantitative estimate of drug-likeness (QED) is 0.876. The summed E-state index contributed by atoms with van der Waals surface area (Å²) in [6.45, 7) is 5.94. The summed E-state index contributed by atoms with van der Waals surface area (Å²) in [5.74, 6) is 0.856. The fraction of sp³-hybridized carbons (Fsp3) is 0.375. The molecule has 0 saturated carbocycles. The SMILES string of the molecule is CCNCc1ccc(N(C)c2ccc(CC)cc2)nn1. The van der Waals surface area contributed by atoms with Crippen LogP contribution in [0.3, 0.4) is 0 Å². The van der Waals surface area contributed by atoms with Crippen LogP contribution in [0.4, 0.5) is 11.5 Å². The van der Waals surface area contributed by atoms with E-state index >= 15 is 0 Å². The Morgan fingerprint density at radius 3 is 2.30 bits per heavy atom. The summed E-state index contributed by atoms with van der Waals surface area (Å²) in [5.41, 5.74) is 3.43. The van der Waals surface area contributed by atoms with Gasteiger partial charge in [-0.15, -0.1) is 5.10 Å². The van der Waals surface area contributed by atoms with E-state index in [1.807, 2.05) is 24.1 Å². The summed E-state index contributed by atoms with van der Waals surface area (Å²) in [5, 5.41) is 11.8. The molecule has 1 aromatic heterocycles. The van der Waals surface area contributed by atoms with E-state index in [0.717, 1.165) is 36.7 Å². The highest BCUT2D eigenvalue weighted by atomic mass is 15.2. The van der Waals surface area contributed by atoms with Crippen LogP contribution in [-0.2, 0) is 13.0 Å². The van der Waals surface area contributed by atoms with Crippen molar-refractivity contribution in [2.24, 2.45) is 0 Å². The molecule has 106 valence electrons. The highest BCUT2D eigenvalue weighted by molar-refractivity contribution is 5.58. The predicted molar refractivity (Wildman–Crippen MR) is 83.3 cm³/mol. The number of aryl methyl sites for hydroxylation is 1. The lowest BCUT2D eigenvalue weighted by atomic mass is 10.1. The molecule has 0 fully saturated rings. The number of nitrogens with zero attached hydrogens (tertiary/aromatic N) is 3. The highest BCUT2D eigenvalue weighted by Gasteiger charge is 2.06. The molecule has 0 amide bonds. The smallest absolute Gasteiger partial charge is 0.155 e. The Kier molecular flexibility index (Phi) is 5.07. The number of aromatic nitrogens is 2. The van der Waals surface area contributed by atoms with Crippen LogP contribution in [0.25, 0.3) is 0 Å². The van der Waals surface area contributed by atoms with E-state index in [1.54, 1.807) is 0 Å². The van der Waals surface area contributed by atoms with Crippen molar-refractivity contribution in [2.45, 2.75) is 26.8 Å². The Morgan fingerprint density at radius 1 is 1.00 bits per heavy atom. The summed E-state index contributed by atoms with van der Waals surface area (Å²) < 4.78 is 0. The van der Waals surface area contributed by atoms with Gasteiger partial charge < -0.3 is 10.2 Å². The molecule has 0 aliphatic carbocycles. The molecule has 0 atom stereocenters. The molecule has 4 heteroatoms. The van der Waals surface area contributed by atoms with Crippen LogP contribution in [0, 0.1) is 0 Å². The molecule has 0 unspecified atom stereocenters. The topological polar surface area (TPSA) is 41.0 Å². The maximum Gasteiger partial charge on any atom is 0.155 e. The molecule has 0 aliphatic rings. The minimum atomic E-state index is 0.763. The Hall–Kier alpha value is -1.94. The monoisotopic (exact) mass is 270 g/mol. The summed E-state index contributed by atoms with van der Waals surface area (Å²) in [6.07, 6.45) is 1.06. The minimum absolute atomic E-state index is 0.763. The van der Waals surface area contributed by atoms with Gasteiger partial charge in [-0.3, -0.25) is 0 Å². The molecule has 2 aromatic rings. The van der Waals surface area contributed by atoms with Crippen molar-refractivity contribution in [3.8, 4) is 0 Å². The van der Waals surface area contributed by atoms with E-state index in [2.05, 4.69) is 53.6 Å². The Bertz CT molecular complexity index is 519. The molecule has 20 heavy (non-hydrogen) atoms. The zero-order valence-electron chi connectivity index (χ0n) is 12.4. The van der Waals surface area contributed by atoms with E-state index in [9.17, 15) is 0 Å². The van der Waals surface area contributed by atoms with E-state index in [1.165, 1.54) is 5.56 Å². The van der Waals surface area contributed by atoms with Crippen LogP contribution >= 0.6 is 0 Å². The van der Waals surface area contributed by atoms with Crippen LogP contribution in [0.1, 0.15) is 25.1 Å². The van der Waals surface area contributed by atoms with Gasteiger partial charge in [0.25, 0.3) is 0 Å². The second kappa shape index (κ2) is 7.01. The third kappa shape index (κ3) is 3.54. The van der Waals surface area contributed by atoms with E-state index in [4.69, 9.17) is 0 Å². The van der Waals surface area contributed by atoms with Crippen LogP contribution in [-0.4, -0.2) is 23.8 Å². The number of anilines is 2. The Balaban J connectivity index is 2.09. The van der Waals surface area contributed by atoms with Gasteiger partial charge in [-0.25, -0.2) is 0 Å². The van der Waals surface area contributed by atoms with Gasteiger partial charge in [-0.05, 0) is 42.8 Å². The molecule has 0 saturated heterocycles. The van der Waals surface area contributed by atoms with Crippen molar-refractivity contribution in [2.75, 3.05) is 18.5 Å². The van der Waals surface area contributed by atoms with Crippen LogP contribution in [0.15, 0.2) is 36.4 Å². The van der Waals surface area contributed by atoms with Gasteiger partial charge in [0.1, 0.15) is 0 Å². The van der Waals surface area contributed by atoms with Crippen LogP contribution in [0.5, 0.6) is 0 Å². The maximum atomic E-state index is 4.29. The maximum absolute atomic E-state index is 4.29. The minimum Gasteiger partial charge on any atom is -0.328 e. The van der Waals surface area contributed by atoms with Gasteiger partial charge in [-0.2, -0.15) is 5.10 Å². The summed E-state index contributed by atoms with van der Waals surface area (Å²) in [4.78, 5) is 2.05. The number of benzene rings is 1. The fourth-order valence-electron chi connectivity index (χ4n) is 1.97.